The predicted molar refractivity (Wildman–Crippen MR) is 159 cm³/mol. The molecule has 0 radical (unpaired) electrons. The summed E-state index contributed by atoms with van der Waals surface area (Å²) in [6, 6.07) is 5.26. The highest BCUT2D eigenvalue weighted by Crippen LogP contribution is 2.28. The van der Waals surface area contributed by atoms with Gasteiger partial charge >= 0.3 is 5.97 Å². The SMILES string of the molecule is COc1ccc(CN2CCC(O)=C(C(=O)N(CCCCCCCCCCCC(C)(C)C)CC(=O)O)C2=O)c(OC)c1. The third kappa shape index (κ3) is 11.7. The molecule has 2 amide bonds. The first-order valence-electron chi connectivity index (χ1n) is 14.9. The van der Waals surface area contributed by atoms with E-state index in [0.717, 1.165) is 24.8 Å². The number of ether oxygens (including phenoxy) is 2. The first-order chi connectivity index (χ1) is 19.5. The maximum atomic E-state index is 13.4. The average Bonchev–Trinajstić information content (AvgIpc) is 2.91. The van der Waals surface area contributed by atoms with Gasteiger partial charge in [0.2, 0.25) is 0 Å². The normalized spacial score (nSPS) is 13.9. The van der Waals surface area contributed by atoms with Crippen molar-refractivity contribution in [2.24, 2.45) is 5.41 Å². The van der Waals surface area contributed by atoms with Crippen molar-refractivity contribution in [3.63, 3.8) is 0 Å². The van der Waals surface area contributed by atoms with Gasteiger partial charge < -0.3 is 29.5 Å². The Labute approximate surface area is 245 Å². The van der Waals surface area contributed by atoms with Crippen molar-refractivity contribution in [2.45, 2.75) is 97.9 Å². The number of aliphatic hydroxyl groups excluding tert-OH is 1. The number of hydrogen-bond acceptors (Lipinski definition) is 6. The van der Waals surface area contributed by atoms with Crippen LogP contribution in [0.4, 0.5) is 0 Å². The number of amides is 2. The minimum atomic E-state index is -1.16. The number of carboxylic acid groups (broad SMARTS) is 1. The van der Waals surface area contributed by atoms with Crippen molar-refractivity contribution in [1.82, 2.24) is 9.80 Å². The summed E-state index contributed by atoms with van der Waals surface area (Å²) in [4.78, 5) is 40.9. The van der Waals surface area contributed by atoms with E-state index in [4.69, 9.17) is 9.47 Å². The maximum Gasteiger partial charge on any atom is 0.323 e. The summed E-state index contributed by atoms with van der Waals surface area (Å²) in [5, 5.41) is 20.0. The molecule has 1 aliphatic heterocycles. The number of carbonyl (C=O) groups is 3. The molecule has 2 N–H and O–H groups in total. The van der Waals surface area contributed by atoms with Crippen molar-refractivity contribution < 1.29 is 34.1 Å². The lowest BCUT2D eigenvalue weighted by atomic mass is 9.89. The third-order valence-corrected chi connectivity index (χ3v) is 7.45. The maximum absolute atomic E-state index is 13.4. The molecule has 1 heterocycles. The Balaban J connectivity index is 1.89. The van der Waals surface area contributed by atoms with Gasteiger partial charge in [0.15, 0.2) is 0 Å². The van der Waals surface area contributed by atoms with E-state index in [1.165, 1.54) is 55.4 Å². The van der Waals surface area contributed by atoms with Crippen LogP contribution in [-0.4, -0.2) is 71.7 Å². The van der Waals surface area contributed by atoms with Crippen LogP contribution in [0.5, 0.6) is 11.5 Å². The molecule has 0 aromatic heterocycles. The monoisotopic (exact) mass is 574 g/mol. The molecule has 0 aliphatic carbocycles. The Kier molecular flexibility index (Phi) is 14.0. The van der Waals surface area contributed by atoms with Crippen molar-refractivity contribution in [1.29, 1.82) is 0 Å². The lowest BCUT2D eigenvalue weighted by Gasteiger charge is -2.31. The quantitative estimate of drug-likeness (QED) is 0.161. The van der Waals surface area contributed by atoms with Gasteiger partial charge in [-0.2, -0.15) is 0 Å². The fraction of sp³-hybridized carbons (Fsp3) is 0.656. The van der Waals surface area contributed by atoms with Crippen LogP contribution in [-0.2, 0) is 20.9 Å². The summed E-state index contributed by atoms with van der Waals surface area (Å²) in [6.07, 6.45) is 11.2. The van der Waals surface area contributed by atoms with E-state index in [1.807, 2.05) is 0 Å². The first-order valence-corrected chi connectivity index (χ1v) is 14.9. The van der Waals surface area contributed by atoms with Gasteiger partial charge in [-0.15, -0.1) is 0 Å². The van der Waals surface area contributed by atoms with Crippen molar-refractivity contribution in [3.05, 3.63) is 35.1 Å². The number of aliphatic carboxylic acids is 1. The number of nitrogens with zero attached hydrogens (tertiary/aromatic N) is 2. The zero-order valence-electron chi connectivity index (χ0n) is 25.7. The Morgan fingerprint density at radius 1 is 0.951 bits per heavy atom. The molecule has 9 nitrogen and oxygen atoms in total. The van der Waals surface area contributed by atoms with Crippen LogP contribution < -0.4 is 9.47 Å². The molecule has 2 rings (SSSR count). The van der Waals surface area contributed by atoms with Crippen LogP contribution in [0.1, 0.15) is 97.0 Å². The molecular formula is C32H50N2O7. The Morgan fingerprint density at radius 2 is 1.56 bits per heavy atom. The molecule has 230 valence electrons. The summed E-state index contributed by atoms with van der Waals surface area (Å²) in [5.74, 6) is -1.66. The molecule has 9 heteroatoms. The van der Waals surface area contributed by atoms with Gasteiger partial charge in [-0.1, -0.05) is 72.1 Å². The second-order valence-electron chi connectivity index (χ2n) is 12.1. The number of rotatable bonds is 18. The highest BCUT2D eigenvalue weighted by atomic mass is 16.5. The lowest BCUT2D eigenvalue weighted by Crippen LogP contribution is -2.45. The summed E-state index contributed by atoms with van der Waals surface area (Å²) < 4.78 is 10.7. The number of unbranched alkanes of at least 4 members (excludes halogenated alkanes) is 8. The molecule has 0 saturated carbocycles. The van der Waals surface area contributed by atoms with Crippen LogP contribution in [0, 0.1) is 5.41 Å². The van der Waals surface area contributed by atoms with Gasteiger partial charge in [0.1, 0.15) is 29.4 Å². The standard InChI is InChI=1S/C32H50N2O7/c1-32(2,3)18-13-11-9-7-6-8-10-12-14-19-33(23-28(36)37)30(38)29-26(35)17-20-34(31(29)39)22-24-15-16-25(40-4)21-27(24)41-5/h15-16,21,35H,6-14,17-20,22-23H2,1-5H3,(H,36,37). The van der Waals surface area contributed by atoms with Crippen molar-refractivity contribution in [2.75, 3.05) is 33.9 Å². The Morgan fingerprint density at radius 3 is 2.12 bits per heavy atom. The smallest absolute Gasteiger partial charge is 0.323 e. The number of aliphatic hydroxyl groups is 1. The van der Waals surface area contributed by atoms with Gasteiger partial charge in [0.05, 0.1) is 14.2 Å². The number of benzene rings is 1. The van der Waals surface area contributed by atoms with Gasteiger partial charge in [0.25, 0.3) is 11.8 Å². The van der Waals surface area contributed by atoms with E-state index in [2.05, 4.69) is 20.8 Å². The second-order valence-corrected chi connectivity index (χ2v) is 12.1. The zero-order valence-corrected chi connectivity index (χ0v) is 25.7. The van der Waals surface area contributed by atoms with E-state index in [-0.39, 0.29) is 37.4 Å². The Bertz CT molecular complexity index is 1040. The second kappa shape index (κ2) is 16.9. The van der Waals surface area contributed by atoms with Gasteiger partial charge in [-0.05, 0) is 30.4 Å². The van der Waals surface area contributed by atoms with Crippen LogP contribution in [0.25, 0.3) is 0 Å². The van der Waals surface area contributed by atoms with E-state index in [0.29, 0.717) is 23.3 Å². The van der Waals surface area contributed by atoms with E-state index in [9.17, 15) is 24.6 Å². The fourth-order valence-electron chi connectivity index (χ4n) is 5.07. The zero-order chi connectivity index (χ0) is 30.4. The minimum absolute atomic E-state index is 0.113. The summed E-state index contributed by atoms with van der Waals surface area (Å²) in [5.41, 5.74) is 0.777. The van der Waals surface area contributed by atoms with Gasteiger partial charge in [-0.25, -0.2) is 0 Å². The summed E-state index contributed by atoms with van der Waals surface area (Å²) in [6.45, 7) is 6.93. The highest BCUT2D eigenvalue weighted by molar-refractivity contribution is 6.19. The van der Waals surface area contributed by atoms with Crippen molar-refractivity contribution >= 4 is 17.8 Å². The molecule has 0 unspecified atom stereocenters. The first kappa shape index (κ1) is 34.0. The molecule has 0 fully saturated rings. The van der Waals surface area contributed by atoms with Crippen LogP contribution >= 0.6 is 0 Å². The van der Waals surface area contributed by atoms with Crippen LogP contribution in [0.15, 0.2) is 29.5 Å². The number of carbonyl (C=O) groups excluding carboxylic acids is 2. The molecule has 0 bridgehead atoms. The third-order valence-electron chi connectivity index (χ3n) is 7.45. The summed E-state index contributed by atoms with van der Waals surface area (Å²) in [7, 11) is 3.07. The summed E-state index contributed by atoms with van der Waals surface area (Å²) >= 11 is 0. The highest BCUT2D eigenvalue weighted by Gasteiger charge is 2.35. The van der Waals surface area contributed by atoms with Crippen LogP contribution in [0.2, 0.25) is 0 Å². The molecule has 1 aromatic carbocycles. The molecule has 1 aromatic rings. The molecular weight excluding hydrogens is 524 g/mol. The molecule has 0 spiro atoms. The lowest BCUT2D eigenvalue weighted by molar-refractivity contribution is -0.145. The number of carboxylic acids is 1. The van der Waals surface area contributed by atoms with E-state index >= 15 is 0 Å². The molecule has 0 saturated heterocycles. The predicted octanol–water partition coefficient (Wildman–Crippen LogP) is 6.11. The van der Waals surface area contributed by atoms with Gasteiger partial charge in [-0.3, -0.25) is 14.4 Å². The number of hydrogen-bond donors (Lipinski definition) is 2. The average molecular weight is 575 g/mol. The molecule has 0 atom stereocenters. The largest absolute Gasteiger partial charge is 0.511 e. The van der Waals surface area contributed by atoms with E-state index < -0.39 is 24.3 Å². The Hall–Kier alpha value is -3.23. The van der Waals surface area contributed by atoms with Crippen LogP contribution in [0.3, 0.4) is 0 Å². The van der Waals surface area contributed by atoms with E-state index in [1.54, 1.807) is 25.3 Å². The minimum Gasteiger partial charge on any atom is -0.511 e. The molecule has 41 heavy (non-hydrogen) atoms. The fourth-order valence-corrected chi connectivity index (χ4v) is 5.07. The van der Waals surface area contributed by atoms with Crippen molar-refractivity contribution in [3.8, 4) is 11.5 Å². The van der Waals surface area contributed by atoms with Gasteiger partial charge in [0, 0.05) is 37.7 Å². The number of methoxy groups -OCH3 is 2. The topological polar surface area (TPSA) is 117 Å². The molecule has 1 aliphatic rings.